The SMILES string of the molecule is CCOC(=O)CCCCCN1CCCC1CN(C)C. The molecular formula is C15H30N2O2. The Labute approximate surface area is 118 Å². The van der Waals surface area contributed by atoms with E-state index in [0.29, 0.717) is 13.0 Å². The van der Waals surface area contributed by atoms with Gasteiger partial charge in [-0.3, -0.25) is 9.69 Å². The number of hydrogen-bond acceptors (Lipinski definition) is 4. The second-order valence-electron chi connectivity index (χ2n) is 5.71. The minimum Gasteiger partial charge on any atom is -0.466 e. The Hall–Kier alpha value is -0.610. The number of ether oxygens (including phenoxy) is 1. The van der Waals surface area contributed by atoms with Gasteiger partial charge in [0.25, 0.3) is 0 Å². The molecule has 1 aliphatic rings. The fraction of sp³-hybridized carbons (Fsp3) is 0.933. The van der Waals surface area contributed by atoms with Gasteiger partial charge in [-0.1, -0.05) is 6.42 Å². The van der Waals surface area contributed by atoms with Crippen LogP contribution in [0, 0.1) is 0 Å². The second kappa shape index (κ2) is 9.32. The Morgan fingerprint density at radius 1 is 1.32 bits per heavy atom. The van der Waals surface area contributed by atoms with Gasteiger partial charge in [0.1, 0.15) is 0 Å². The average Bonchev–Trinajstić information content (AvgIpc) is 2.76. The number of carbonyl (C=O) groups excluding carboxylic acids is 1. The number of nitrogens with zero attached hydrogens (tertiary/aromatic N) is 2. The molecule has 0 spiro atoms. The highest BCUT2D eigenvalue weighted by atomic mass is 16.5. The van der Waals surface area contributed by atoms with Crippen LogP contribution >= 0.6 is 0 Å². The molecular weight excluding hydrogens is 240 g/mol. The number of unbranched alkanes of at least 4 members (excludes halogenated alkanes) is 2. The van der Waals surface area contributed by atoms with Crippen LogP contribution in [0.5, 0.6) is 0 Å². The van der Waals surface area contributed by atoms with Crippen LogP contribution in [-0.2, 0) is 9.53 Å². The molecule has 1 rings (SSSR count). The molecule has 0 aromatic heterocycles. The van der Waals surface area contributed by atoms with E-state index < -0.39 is 0 Å². The van der Waals surface area contributed by atoms with E-state index in [0.717, 1.165) is 18.9 Å². The summed E-state index contributed by atoms with van der Waals surface area (Å²) < 4.78 is 4.93. The van der Waals surface area contributed by atoms with Crippen molar-refractivity contribution in [3.8, 4) is 0 Å². The quantitative estimate of drug-likeness (QED) is 0.475. The fourth-order valence-corrected chi connectivity index (χ4v) is 2.81. The topological polar surface area (TPSA) is 32.8 Å². The summed E-state index contributed by atoms with van der Waals surface area (Å²) >= 11 is 0. The molecule has 0 bridgehead atoms. The van der Waals surface area contributed by atoms with E-state index in [4.69, 9.17) is 4.74 Å². The zero-order valence-corrected chi connectivity index (χ0v) is 12.9. The molecule has 0 aromatic rings. The summed E-state index contributed by atoms with van der Waals surface area (Å²) in [7, 11) is 4.30. The van der Waals surface area contributed by atoms with E-state index in [2.05, 4.69) is 23.9 Å². The number of carbonyl (C=O) groups is 1. The van der Waals surface area contributed by atoms with Crippen LogP contribution in [0.4, 0.5) is 0 Å². The van der Waals surface area contributed by atoms with E-state index >= 15 is 0 Å². The van der Waals surface area contributed by atoms with Gasteiger partial charge in [-0.2, -0.15) is 0 Å². The zero-order chi connectivity index (χ0) is 14.1. The van der Waals surface area contributed by atoms with Gasteiger partial charge in [-0.25, -0.2) is 0 Å². The molecule has 4 heteroatoms. The van der Waals surface area contributed by atoms with Crippen molar-refractivity contribution in [3.05, 3.63) is 0 Å². The molecule has 1 aliphatic heterocycles. The van der Waals surface area contributed by atoms with Gasteiger partial charge in [0.05, 0.1) is 6.61 Å². The average molecular weight is 270 g/mol. The maximum atomic E-state index is 11.2. The molecule has 19 heavy (non-hydrogen) atoms. The Balaban J connectivity index is 2.06. The van der Waals surface area contributed by atoms with Crippen LogP contribution in [0.2, 0.25) is 0 Å². The lowest BCUT2D eigenvalue weighted by Gasteiger charge is -2.26. The third kappa shape index (κ3) is 6.92. The largest absolute Gasteiger partial charge is 0.466 e. The molecule has 0 N–H and O–H groups in total. The third-order valence-corrected chi connectivity index (χ3v) is 3.71. The van der Waals surface area contributed by atoms with Gasteiger partial charge in [-0.15, -0.1) is 0 Å². The predicted molar refractivity (Wildman–Crippen MR) is 78.3 cm³/mol. The van der Waals surface area contributed by atoms with Crippen LogP contribution in [0.3, 0.4) is 0 Å². The summed E-state index contributed by atoms with van der Waals surface area (Å²) in [6.45, 7) is 5.95. The van der Waals surface area contributed by atoms with Crippen LogP contribution in [0.15, 0.2) is 0 Å². The number of esters is 1. The van der Waals surface area contributed by atoms with Gasteiger partial charge >= 0.3 is 5.97 Å². The molecule has 0 aromatic carbocycles. The fourth-order valence-electron chi connectivity index (χ4n) is 2.81. The Kier molecular flexibility index (Phi) is 8.07. The smallest absolute Gasteiger partial charge is 0.305 e. The monoisotopic (exact) mass is 270 g/mol. The van der Waals surface area contributed by atoms with Crippen LogP contribution < -0.4 is 0 Å². The summed E-state index contributed by atoms with van der Waals surface area (Å²) in [5.41, 5.74) is 0. The highest BCUT2D eigenvalue weighted by molar-refractivity contribution is 5.69. The predicted octanol–water partition coefficient (Wildman–Crippen LogP) is 2.14. The van der Waals surface area contributed by atoms with Crippen molar-refractivity contribution in [1.29, 1.82) is 0 Å². The third-order valence-electron chi connectivity index (χ3n) is 3.71. The molecule has 0 saturated carbocycles. The Morgan fingerprint density at radius 3 is 2.79 bits per heavy atom. The van der Waals surface area contributed by atoms with Crippen molar-refractivity contribution >= 4 is 5.97 Å². The van der Waals surface area contributed by atoms with Crippen molar-refractivity contribution in [2.75, 3.05) is 40.3 Å². The van der Waals surface area contributed by atoms with Crippen molar-refractivity contribution in [1.82, 2.24) is 9.80 Å². The van der Waals surface area contributed by atoms with Crippen LogP contribution in [-0.4, -0.2) is 62.1 Å². The molecule has 0 amide bonds. The van der Waals surface area contributed by atoms with Crippen molar-refractivity contribution in [2.24, 2.45) is 0 Å². The summed E-state index contributed by atoms with van der Waals surface area (Å²) in [5, 5.41) is 0. The van der Waals surface area contributed by atoms with E-state index in [1.807, 2.05) is 6.92 Å². The maximum absolute atomic E-state index is 11.2. The minimum absolute atomic E-state index is 0.0471. The Bertz CT molecular complexity index is 257. The number of hydrogen-bond donors (Lipinski definition) is 0. The first-order chi connectivity index (χ1) is 9.13. The first-order valence-electron chi connectivity index (χ1n) is 7.68. The van der Waals surface area contributed by atoms with Crippen LogP contribution in [0.1, 0.15) is 45.4 Å². The van der Waals surface area contributed by atoms with Gasteiger partial charge in [0.15, 0.2) is 0 Å². The van der Waals surface area contributed by atoms with E-state index in [9.17, 15) is 4.79 Å². The van der Waals surface area contributed by atoms with Gasteiger partial charge in [0.2, 0.25) is 0 Å². The molecule has 1 heterocycles. The highest BCUT2D eigenvalue weighted by Crippen LogP contribution is 2.18. The summed E-state index contributed by atoms with van der Waals surface area (Å²) in [5.74, 6) is -0.0471. The van der Waals surface area contributed by atoms with Gasteiger partial charge < -0.3 is 9.64 Å². The van der Waals surface area contributed by atoms with E-state index in [-0.39, 0.29) is 5.97 Å². The van der Waals surface area contributed by atoms with Gasteiger partial charge in [0, 0.05) is 19.0 Å². The molecule has 0 radical (unpaired) electrons. The van der Waals surface area contributed by atoms with Gasteiger partial charge in [-0.05, 0) is 59.8 Å². The lowest BCUT2D eigenvalue weighted by Crippen LogP contribution is -2.38. The first-order valence-corrected chi connectivity index (χ1v) is 7.68. The molecule has 1 saturated heterocycles. The molecule has 4 nitrogen and oxygen atoms in total. The lowest BCUT2D eigenvalue weighted by molar-refractivity contribution is -0.143. The summed E-state index contributed by atoms with van der Waals surface area (Å²) in [4.78, 5) is 16.1. The highest BCUT2D eigenvalue weighted by Gasteiger charge is 2.23. The summed E-state index contributed by atoms with van der Waals surface area (Å²) in [6, 6.07) is 0.736. The normalized spacial score (nSPS) is 20.1. The zero-order valence-electron chi connectivity index (χ0n) is 12.9. The van der Waals surface area contributed by atoms with Crippen molar-refractivity contribution < 1.29 is 9.53 Å². The maximum Gasteiger partial charge on any atom is 0.305 e. The van der Waals surface area contributed by atoms with Crippen LogP contribution in [0.25, 0.3) is 0 Å². The van der Waals surface area contributed by atoms with Crippen molar-refractivity contribution in [3.63, 3.8) is 0 Å². The number of likely N-dealkylation sites (N-methyl/N-ethyl adjacent to an activating group) is 1. The van der Waals surface area contributed by atoms with E-state index in [1.165, 1.54) is 38.9 Å². The second-order valence-corrected chi connectivity index (χ2v) is 5.71. The molecule has 1 atom stereocenters. The Morgan fingerprint density at radius 2 is 2.11 bits per heavy atom. The van der Waals surface area contributed by atoms with Crippen molar-refractivity contribution in [2.45, 2.75) is 51.5 Å². The standard InChI is InChI=1S/C15H30N2O2/c1-4-19-15(18)10-6-5-7-11-17-12-8-9-14(17)13-16(2)3/h14H,4-13H2,1-3H3. The lowest BCUT2D eigenvalue weighted by atomic mass is 10.1. The molecule has 0 aliphatic carbocycles. The first kappa shape index (κ1) is 16.4. The molecule has 112 valence electrons. The number of rotatable bonds is 9. The summed E-state index contributed by atoms with van der Waals surface area (Å²) in [6.07, 6.45) is 6.54. The van der Waals surface area contributed by atoms with E-state index in [1.54, 1.807) is 0 Å². The number of likely N-dealkylation sites (tertiary alicyclic amines) is 1. The molecule has 1 fully saturated rings. The molecule has 1 unspecified atom stereocenters. The minimum atomic E-state index is -0.0471.